The van der Waals surface area contributed by atoms with Gasteiger partial charge in [0.15, 0.2) is 0 Å². The molecule has 0 saturated heterocycles. The Labute approximate surface area is 138 Å². The highest BCUT2D eigenvalue weighted by Gasteiger charge is 2.40. The van der Waals surface area contributed by atoms with Crippen molar-refractivity contribution in [3.8, 4) is 0 Å². The number of aryl methyl sites for hydroxylation is 3. The predicted molar refractivity (Wildman–Crippen MR) is 102 cm³/mol. The van der Waals surface area contributed by atoms with Crippen molar-refractivity contribution in [2.24, 2.45) is 0 Å². The quantitative estimate of drug-likeness (QED) is 0.589. The molecule has 0 radical (unpaired) electrons. The summed E-state index contributed by atoms with van der Waals surface area (Å²) in [5, 5.41) is 1.84. The van der Waals surface area contributed by atoms with Gasteiger partial charge in [-0.15, -0.1) is 0 Å². The zero-order valence-corrected chi connectivity index (χ0v) is 15.9. The van der Waals surface area contributed by atoms with E-state index in [1.54, 1.807) is 11.1 Å². The lowest BCUT2D eigenvalue weighted by Crippen LogP contribution is -2.28. The molecule has 2 aliphatic carbocycles. The molecule has 0 nitrogen and oxygen atoms in total. The van der Waals surface area contributed by atoms with Crippen LogP contribution in [-0.2, 0) is 0 Å². The van der Waals surface area contributed by atoms with Crippen molar-refractivity contribution in [1.29, 1.82) is 0 Å². The van der Waals surface area contributed by atoms with Crippen LogP contribution in [0.25, 0.3) is 0 Å². The molecule has 2 fully saturated rings. The Morgan fingerprint density at radius 2 is 1.09 bits per heavy atom. The van der Waals surface area contributed by atoms with Gasteiger partial charge < -0.3 is 0 Å². The molecule has 22 heavy (non-hydrogen) atoms. The molecule has 0 spiro atoms. The number of hydrogen-bond donors (Lipinski definition) is 0. The lowest BCUT2D eigenvalue weighted by molar-refractivity contribution is 0.487. The molecule has 0 N–H and O–H groups in total. The van der Waals surface area contributed by atoms with E-state index in [9.17, 15) is 0 Å². The molecule has 1 aromatic carbocycles. The van der Waals surface area contributed by atoms with Crippen LogP contribution in [0.1, 0.15) is 80.9 Å². The summed E-state index contributed by atoms with van der Waals surface area (Å²) in [4.78, 5) is 0. The van der Waals surface area contributed by atoms with Gasteiger partial charge >= 0.3 is 0 Å². The molecule has 0 atom stereocenters. The molecule has 122 valence electrons. The second-order valence-corrected chi connectivity index (χ2v) is 10.9. The summed E-state index contributed by atoms with van der Waals surface area (Å²) in [6.45, 7) is 7.05. The van der Waals surface area contributed by atoms with Gasteiger partial charge in [0.2, 0.25) is 0 Å². The minimum Gasteiger partial charge on any atom is -0.0530 e. The maximum atomic E-state index is 2.46. The maximum absolute atomic E-state index is 2.46. The third-order valence-corrected chi connectivity index (χ3v) is 10.3. The lowest BCUT2D eigenvalue weighted by Gasteiger charge is -2.33. The molecule has 0 bridgehead atoms. The molecule has 0 aromatic heterocycles. The Balaban J connectivity index is 1.96. The fraction of sp³-hybridized carbons (Fsp3) is 0.714. The first-order chi connectivity index (χ1) is 10.7. The van der Waals surface area contributed by atoms with Crippen LogP contribution in [0.3, 0.4) is 0 Å². The zero-order chi connectivity index (χ0) is 15.5. The summed E-state index contributed by atoms with van der Waals surface area (Å²) in [6.07, 6.45) is 15.1. The minimum absolute atomic E-state index is 0.400. The zero-order valence-electron chi connectivity index (χ0n) is 14.9. The molecule has 1 heteroatoms. The lowest BCUT2D eigenvalue weighted by atomic mass is 9.99. The summed E-state index contributed by atoms with van der Waals surface area (Å²) in [7, 11) is -0.400. The van der Waals surface area contributed by atoms with Crippen LogP contribution in [0.4, 0.5) is 0 Å². The molecular weight excluding hydrogens is 283 g/mol. The van der Waals surface area contributed by atoms with Gasteiger partial charge in [0.05, 0.1) is 16.6 Å². The van der Waals surface area contributed by atoms with Gasteiger partial charge in [-0.1, -0.05) is 30.5 Å². The maximum Gasteiger partial charge on any atom is 0.0978 e. The largest absolute Gasteiger partial charge is 0.0978 e. The van der Waals surface area contributed by atoms with E-state index in [2.05, 4.69) is 32.9 Å². The average molecular weight is 317 g/mol. The van der Waals surface area contributed by atoms with E-state index in [-0.39, 0.29) is 0 Å². The van der Waals surface area contributed by atoms with E-state index >= 15 is 0 Å². The first-order valence-electron chi connectivity index (χ1n) is 9.62. The van der Waals surface area contributed by atoms with Crippen molar-refractivity contribution < 1.29 is 0 Å². The average Bonchev–Trinajstić information content (AvgIpc) is 2.52. The molecule has 0 heterocycles. The normalized spacial score (nSPS) is 21.5. The highest BCUT2D eigenvalue weighted by atomic mass is 31.1. The van der Waals surface area contributed by atoms with Gasteiger partial charge in [-0.05, 0) is 83.3 Å². The first kappa shape index (κ1) is 16.5. The third kappa shape index (κ3) is 3.59. The Morgan fingerprint density at radius 3 is 1.50 bits per heavy atom. The summed E-state index contributed by atoms with van der Waals surface area (Å²) >= 11 is 0. The summed E-state index contributed by atoms with van der Waals surface area (Å²) < 4.78 is 0. The van der Waals surface area contributed by atoms with Gasteiger partial charge in [0, 0.05) is 7.92 Å². The van der Waals surface area contributed by atoms with Crippen LogP contribution in [-0.4, -0.2) is 11.3 Å². The van der Waals surface area contributed by atoms with E-state index in [4.69, 9.17) is 0 Å². The van der Waals surface area contributed by atoms with E-state index in [0.717, 1.165) is 11.3 Å². The van der Waals surface area contributed by atoms with E-state index in [1.807, 2.05) is 5.30 Å². The fourth-order valence-electron chi connectivity index (χ4n) is 5.20. The standard InChI is InChI=1S/C21H33P/c1-16-14-17(2)21(18(3)15-16)22(19-10-6-4-7-11-19)20-12-8-5-9-13-20/h14-15,19-20H,4-13H2,1-3H3/p+1. The Morgan fingerprint density at radius 1 is 0.682 bits per heavy atom. The van der Waals surface area contributed by atoms with E-state index < -0.39 is 7.92 Å². The van der Waals surface area contributed by atoms with Crippen molar-refractivity contribution in [2.45, 2.75) is 96.3 Å². The molecule has 2 saturated carbocycles. The second kappa shape index (κ2) is 7.48. The fourth-order valence-corrected chi connectivity index (χ4v) is 9.80. The SMILES string of the molecule is Cc1cc(C)c([PH+](C2CCCCC2)C2CCCCC2)c(C)c1. The Kier molecular flexibility index (Phi) is 5.61. The van der Waals surface area contributed by atoms with E-state index in [1.165, 1.54) is 69.8 Å². The molecule has 0 aliphatic heterocycles. The minimum atomic E-state index is -0.400. The first-order valence-corrected chi connectivity index (χ1v) is 11.3. The number of rotatable bonds is 3. The summed E-state index contributed by atoms with van der Waals surface area (Å²) in [5.41, 5.74) is 6.79. The van der Waals surface area contributed by atoms with Crippen LogP contribution in [0.15, 0.2) is 12.1 Å². The van der Waals surface area contributed by atoms with Crippen LogP contribution >= 0.6 is 7.92 Å². The third-order valence-electron chi connectivity index (χ3n) is 6.06. The van der Waals surface area contributed by atoms with Gasteiger partial charge in [-0.2, -0.15) is 0 Å². The Bertz CT molecular complexity index is 452. The smallest absolute Gasteiger partial charge is 0.0530 e. The van der Waals surface area contributed by atoms with Gasteiger partial charge in [0.25, 0.3) is 0 Å². The number of benzene rings is 1. The second-order valence-electron chi connectivity index (χ2n) is 7.90. The van der Waals surface area contributed by atoms with E-state index in [0.29, 0.717) is 0 Å². The molecule has 2 aliphatic rings. The van der Waals surface area contributed by atoms with Crippen molar-refractivity contribution in [1.82, 2.24) is 0 Å². The van der Waals surface area contributed by atoms with Crippen LogP contribution in [0.2, 0.25) is 0 Å². The summed E-state index contributed by atoms with van der Waals surface area (Å²) in [6, 6.07) is 4.91. The van der Waals surface area contributed by atoms with Crippen LogP contribution < -0.4 is 5.30 Å². The molecule has 0 unspecified atom stereocenters. The molecule has 0 amide bonds. The Hall–Kier alpha value is -0.350. The molecular formula is C21H34P+. The highest BCUT2D eigenvalue weighted by molar-refractivity contribution is 7.67. The highest BCUT2D eigenvalue weighted by Crippen LogP contribution is 2.55. The number of hydrogen-bond acceptors (Lipinski definition) is 0. The van der Waals surface area contributed by atoms with Gasteiger partial charge in [0.1, 0.15) is 0 Å². The molecule has 3 rings (SSSR count). The summed E-state index contributed by atoms with van der Waals surface area (Å²) in [5.74, 6) is 0. The van der Waals surface area contributed by atoms with Gasteiger partial charge in [-0.25, -0.2) is 0 Å². The topological polar surface area (TPSA) is 0 Å². The van der Waals surface area contributed by atoms with Crippen LogP contribution in [0, 0.1) is 20.8 Å². The van der Waals surface area contributed by atoms with Crippen LogP contribution in [0.5, 0.6) is 0 Å². The van der Waals surface area contributed by atoms with Crippen molar-refractivity contribution in [2.75, 3.05) is 0 Å². The van der Waals surface area contributed by atoms with Crippen molar-refractivity contribution in [3.05, 3.63) is 28.8 Å². The molecule has 1 aromatic rings. The van der Waals surface area contributed by atoms with Crippen molar-refractivity contribution >= 4 is 13.2 Å². The predicted octanol–water partition coefficient (Wildman–Crippen LogP) is 6.12. The monoisotopic (exact) mass is 317 g/mol. The van der Waals surface area contributed by atoms with Crippen molar-refractivity contribution in [3.63, 3.8) is 0 Å². The van der Waals surface area contributed by atoms with Gasteiger partial charge in [-0.3, -0.25) is 0 Å².